The summed E-state index contributed by atoms with van der Waals surface area (Å²) in [6, 6.07) is 4.53. The van der Waals surface area contributed by atoms with Gasteiger partial charge in [-0.15, -0.1) is 0 Å². The molecule has 3 nitrogen and oxygen atoms in total. The van der Waals surface area contributed by atoms with Crippen molar-refractivity contribution in [3.63, 3.8) is 0 Å². The summed E-state index contributed by atoms with van der Waals surface area (Å²) in [4.78, 5) is 11.4. The lowest BCUT2D eigenvalue weighted by Gasteiger charge is -2.42. The molecule has 0 spiro atoms. The summed E-state index contributed by atoms with van der Waals surface area (Å²) in [6.07, 6.45) is 6.88. The average molecular weight is 314 g/mol. The molecule has 1 N–H and O–H groups in total. The van der Waals surface area contributed by atoms with Gasteiger partial charge in [-0.2, -0.15) is 0 Å². The molecular weight excluding hydrogens is 288 g/mol. The third-order valence-corrected chi connectivity index (χ3v) is 6.59. The van der Waals surface area contributed by atoms with Crippen LogP contribution in [-0.2, 0) is 28.8 Å². The number of aliphatic hydroxyl groups excluding tert-OH is 1. The number of fused-ring (bicyclic) bond motifs is 5. The number of carbonyl (C=O) groups excluding carboxylic acids is 1. The molecule has 1 fully saturated rings. The first kappa shape index (κ1) is 15.2. The third-order valence-electron chi connectivity index (χ3n) is 6.59. The van der Waals surface area contributed by atoms with E-state index in [2.05, 4.69) is 19.1 Å². The number of rotatable bonds is 1. The second-order valence-corrected chi connectivity index (χ2v) is 7.90. The largest absolute Gasteiger partial charge is 0.462 e. The minimum absolute atomic E-state index is 0.0657. The minimum Gasteiger partial charge on any atom is -0.462 e. The van der Waals surface area contributed by atoms with Crippen LogP contribution in [0, 0.1) is 5.41 Å². The van der Waals surface area contributed by atoms with E-state index in [0.29, 0.717) is 5.92 Å². The summed E-state index contributed by atoms with van der Waals surface area (Å²) in [5.74, 6) is 0.356. The molecule has 124 valence electrons. The highest BCUT2D eigenvalue weighted by Gasteiger charge is 2.51. The van der Waals surface area contributed by atoms with Gasteiger partial charge in [0, 0.05) is 12.3 Å². The van der Waals surface area contributed by atoms with Crippen molar-refractivity contribution in [3.8, 4) is 0 Å². The zero-order chi connectivity index (χ0) is 16.2. The SMILES string of the molecule is CC(=O)O[C@@H]1CCC2c3ccc4c(c3CCC21C)CC[C@H](O)C4. The van der Waals surface area contributed by atoms with E-state index in [-0.39, 0.29) is 23.6 Å². The van der Waals surface area contributed by atoms with Crippen molar-refractivity contribution in [2.75, 3.05) is 0 Å². The topological polar surface area (TPSA) is 46.5 Å². The van der Waals surface area contributed by atoms with E-state index in [1.165, 1.54) is 23.6 Å². The molecular formula is C20H26O3. The van der Waals surface area contributed by atoms with Crippen molar-refractivity contribution >= 4 is 5.97 Å². The van der Waals surface area contributed by atoms with Crippen LogP contribution in [0.2, 0.25) is 0 Å². The first-order chi connectivity index (χ1) is 11.0. The molecule has 0 heterocycles. The zero-order valence-electron chi connectivity index (χ0n) is 14.1. The van der Waals surface area contributed by atoms with Gasteiger partial charge in [-0.1, -0.05) is 19.1 Å². The second kappa shape index (κ2) is 5.34. The van der Waals surface area contributed by atoms with E-state index < -0.39 is 0 Å². The number of esters is 1. The van der Waals surface area contributed by atoms with Gasteiger partial charge in [0.1, 0.15) is 6.10 Å². The molecule has 0 saturated heterocycles. The summed E-state index contributed by atoms with van der Waals surface area (Å²) in [7, 11) is 0. The zero-order valence-corrected chi connectivity index (χ0v) is 14.1. The van der Waals surface area contributed by atoms with Gasteiger partial charge in [0.25, 0.3) is 0 Å². The molecule has 0 aromatic heterocycles. The van der Waals surface area contributed by atoms with E-state index >= 15 is 0 Å². The summed E-state index contributed by atoms with van der Waals surface area (Å²) < 4.78 is 5.65. The highest BCUT2D eigenvalue weighted by atomic mass is 16.5. The van der Waals surface area contributed by atoms with Crippen molar-refractivity contribution in [2.24, 2.45) is 5.41 Å². The molecule has 3 heteroatoms. The van der Waals surface area contributed by atoms with Gasteiger partial charge in [0.15, 0.2) is 0 Å². The van der Waals surface area contributed by atoms with Gasteiger partial charge in [-0.3, -0.25) is 4.79 Å². The number of carbonyl (C=O) groups is 1. The van der Waals surface area contributed by atoms with E-state index in [9.17, 15) is 9.90 Å². The molecule has 1 aromatic carbocycles. The van der Waals surface area contributed by atoms with Crippen LogP contribution >= 0.6 is 0 Å². The standard InChI is InChI=1S/C20H26O3/c1-12(21)23-19-8-7-18-17-5-3-13-11-14(22)4-6-15(13)16(17)9-10-20(18,19)2/h3,5,14,18-19,22H,4,6-11H2,1-2H3/t14-,18?,19+,20?/m0/s1. The fourth-order valence-electron chi connectivity index (χ4n) is 5.39. The quantitative estimate of drug-likeness (QED) is 0.809. The number of aliphatic hydroxyl groups is 1. The summed E-state index contributed by atoms with van der Waals surface area (Å²) in [5, 5.41) is 9.92. The molecule has 0 radical (unpaired) electrons. The molecule has 1 saturated carbocycles. The molecule has 0 bridgehead atoms. The average Bonchev–Trinajstić information content (AvgIpc) is 2.83. The van der Waals surface area contributed by atoms with Gasteiger partial charge in [-0.05, 0) is 73.1 Å². The Morgan fingerprint density at radius 3 is 2.83 bits per heavy atom. The van der Waals surface area contributed by atoms with Crippen LogP contribution in [0.4, 0.5) is 0 Å². The van der Waals surface area contributed by atoms with Crippen LogP contribution in [0.5, 0.6) is 0 Å². The Balaban J connectivity index is 1.71. The minimum atomic E-state index is -0.172. The lowest BCUT2D eigenvalue weighted by atomic mass is 9.64. The van der Waals surface area contributed by atoms with Crippen molar-refractivity contribution in [1.29, 1.82) is 0 Å². The monoisotopic (exact) mass is 314 g/mol. The Kier molecular flexibility index (Phi) is 3.53. The Bertz CT molecular complexity index is 651. The normalized spacial score (nSPS) is 35.2. The Labute approximate surface area is 138 Å². The Hall–Kier alpha value is -1.35. The lowest BCUT2D eigenvalue weighted by molar-refractivity contribution is -0.152. The summed E-state index contributed by atoms with van der Waals surface area (Å²) >= 11 is 0. The van der Waals surface area contributed by atoms with E-state index in [4.69, 9.17) is 4.74 Å². The molecule has 4 atom stereocenters. The maximum absolute atomic E-state index is 11.4. The number of hydrogen-bond acceptors (Lipinski definition) is 3. The lowest BCUT2D eigenvalue weighted by Crippen LogP contribution is -2.38. The van der Waals surface area contributed by atoms with Crippen molar-refractivity contribution < 1.29 is 14.6 Å². The number of ether oxygens (including phenoxy) is 1. The van der Waals surface area contributed by atoms with Crippen LogP contribution in [0.25, 0.3) is 0 Å². The highest BCUT2D eigenvalue weighted by Crippen LogP contribution is 2.57. The fraction of sp³-hybridized carbons (Fsp3) is 0.650. The van der Waals surface area contributed by atoms with E-state index in [1.54, 1.807) is 5.56 Å². The predicted molar refractivity (Wildman–Crippen MR) is 88.4 cm³/mol. The van der Waals surface area contributed by atoms with E-state index in [0.717, 1.165) is 44.9 Å². The Morgan fingerprint density at radius 1 is 1.22 bits per heavy atom. The summed E-state index contributed by atoms with van der Waals surface area (Å²) in [6.45, 7) is 3.83. The van der Waals surface area contributed by atoms with Gasteiger partial charge in [-0.25, -0.2) is 0 Å². The predicted octanol–water partition coefficient (Wildman–Crippen LogP) is 3.30. The van der Waals surface area contributed by atoms with E-state index in [1.807, 2.05) is 0 Å². The first-order valence-electron chi connectivity index (χ1n) is 8.98. The maximum Gasteiger partial charge on any atom is 0.302 e. The van der Waals surface area contributed by atoms with Gasteiger partial charge >= 0.3 is 5.97 Å². The van der Waals surface area contributed by atoms with Gasteiger partial charge < -0.3 is 9.84 Å². The maximum atomic E-state index is 11.4. The molecule has 3 aliphatic carbocycles. The molecule has 1 aromatic rings. The Morgan fingerprint density at radius 2 is 2.04 bits per heavy atom. The van der Waals surface area contributed by atoms with Crippen molar-refractivity contribution in [1.82, 2.24) is 0 Å². The molecule has 0 amide bonds. The number of benzene rings is 1. The fourth-order valence-corrected chi connectivity index (χ4v) is 5.39. The first-order valence-corrected chi connectivity index (χ1v) is 8.98. The molecule has 2 unspecified atom stereocenters. The van der Waals surface area contributed by atoms with Crippen LogP contribution < -0.4 is 0 Å². The highest BCUT2D eigenvalue weighted by molar-refractivity contribution is 5.66. The van der Waals surface area contributed by atoms with Crippen LogP contribution in [0.15, 0.2) is 12.1 Å². The molecule has 23 heavy (non-hydrogen) atoms. The van der Waals surface area contributed by atoms with Crippen LogP contribution in [0.3, 0.4) is 0 Å². The van der Waals surface area contributed by atoms with Crippen molar-refractivity contribution in [3.05, 3.63) is 34.4 Å². The van der Waals surface area contributed by atoms with Gasteiger partial charge in [0.2, 0.25) is 0 Å². The third kappa shape index (κ3) is 2.32. The molecule has 3 aliphatic rings. The second-order valence-electron chi connectivity index (χ2n) is 7.90. The van der Waals surface area contributed by atoms with Gasteiger partial charge in [0.05, 0.1) is 6.10 Å². The number of hydrogen-bond donors (Lipinski definition) is 1. The molecule has 4 rings (SSSR count). The van der Waals surface area contributed by atoms with Crippen LogP contribution in [0.1, 0.15) is 67.7 Å². The van der Waals surface area contributed by atoms with Crippen molar-refractivity contribution in [2.45, 2.75) is 76.9 Å². The molecule has 0 aliphatic heterocycles. The summed E-state index contributed by atoms with van der Waals surface area (Å²) in [5.41, 5.74) is 5.97. The van der Waals surface area contributed by atoms with Crippen LogP contribution in [-0.4, -0.2) is 23.3 Å². The smallest absolute Gasteiger partial charge is 0.302 e.